The average molecular weight is 388 g/mol. The van der Waals surface area contributed by atoms with Crippen LogP contribution in [-0.4, -0.2) is 16.7 Å². The van der Waals surface area contributed by atoms with Crippen LogP contribution in [0.1, 0.15) is 31.3 Å². The number of rotatable bonds is 6. The molecule has 0 fully saturated rings. The highest BCUT2D eigenvalue weighted by molar-refractivity contribution is 9.10. The third kappa shape index (κ3) is 3.32. The monoisotopic (exact) mass is 387 g/mol. The van der Waals surface area contributed by atoms with Gasteiger partial charge in [-0.1, -0.05) is 28.1 Å². The molecule has 1 aromatic heterocycles. The lowest BCUT2D eigenvalue weighted by Gasteiger charge is -2.16. The van der Waals surface area contributed by atoms with E-state index in [1.165, 1.54) is 5.52 Å². The van der Waals surface area contributed by atoms with Crippen molar-refractivity contribution in [1.82, 2.24) is 14.9 Å². The second kappa shape index (κ2) is 7.36. The van der Waals surface area contributed by atoms with Crippen molar-refractivity contribution in [2.75, 3.05) is 7.11 Å². The van der Waals surface area contributed by atoms with Gasteiger partial charge in [0.1, 0.15) is 11.6 Å². The van der Waals surface area contributed by atoms with E-state index < -0.39 is 0 Å². The van der Waals surface area contributed by atoms with Crippen LogP contribution in [0.4, 0.5) is 0 Å². The second-order valence-corrected chi connectivity index (χ2v) is 6.68. The molecular weight excluding hydrogens is 366 g/mol. The zero-order valence-corrected chi connectivity index (χ0v) is 15.8. The molecule has 0 bridgehead atoms. The third-order valence-corrected chi connectivity index (χ3v) is 4.72. The zero-order chi connectivity index (χ0) is 17.1. The molecule has 126 valence electrons. The summed E-state index contributed by atoms with van der Waals surface area (Å²) >= 11 is 3.52. The number of nitrogens with one attached hydrogen (secondary N) is 1. The Morgan fingerprint density at radius 1 is 1.25 bits per heavy atom. The molecule has 3 aromatic rings. The Morgan fingerprint density at radius 3 is 2.79 bits per heavy atom. The molecule has 1 unspecified atom stereocenters. The summed E-state index contributed by atoms with van der Waals surface area (Å²) in [5.74, 6) is 1.95. The van der Waals surface area contributed by atoms with E-state index in [0.717, 1.165) is 40.2 Å². The largest absolute Gasteiger partial charge is 0.496 e. The van der Waals surface area contributed by atoms with Gasteiger partial charge in [0.2, 0.25) is 0 Å². The Bertz CT molecular complexity index is 844. The number of nitrogens with zero attached hydrogens (tertiary/aromatic N) is 2. The van der Waals surface area contributed by atoms with Gasteiger partial charge in [-0.15, -0.1) is 0 Å². The molecule has 0 aliphatic heterocycles. The maximum atomic E-state index is 5.45. The number of methoxy groups -OCH3 is 1. The topological polar surface area (TPSA) is 39.1 Å². The van der Waals surface area contributed by atoms with E-state index in [4.69, 9.17) is 9.72 Å². The minimum atomic E-state index is 0.140. The maximum absolute atomic E-state index is 5.45. The van der Waals surface area contributed by atoms with E-state index >= 15 is 0 Å². The molecule has 1 heterocycles. The molecule has 5 heteroatoms. The summed E-state index contributed by atoms with van der Waals surface area (Å²) < 4.78 is 8.77. The van der Waals surface area contributed by atoms with E-state index in [9.17, 15) is 0 Å². The van der Waals surface area contributed by atoms with Gasteiger partial charge in [-0.3, -0.25) is 0 Å². The van der Waals surface area contributed by atoms with Crippen molar-refractivity contribution in [2.45, 2.75) is 33.0 Å². The summed E-state index contributed by atoms with van der Waals surface area (Å²) in [6.45, 7) is 5.93. The van der Waals surface area contributed by atoms with Crippen LogP contribution in [-0.2, 0) is 13.1 Å². The summed E-state index contributed by atoms with van der Waals surface area (Å²) in [5, 5.41) is 3.57. The van der Waals surface area contributed by atoms with E-state index in [-0.39, 0.29) is 6.04 Å². The first kappa shape index (κ1) is 17.0. The third-order valence-electron chi connectivity index (χ3n) is 4.23. The number of fused-ring (bicyclic) bond motifs is 1. The molecule has 0 aliphatic carbocycles. The molecule has 2 aromatic carbocycles. The molecule has 0 saturated heterocycles. The summed E-state index contributed by atoms with van der Waals surface area (Å²) in [5.41, 5.74) is 3.35. The van der Waals surface area contributed by atoms with Crippen LogP contribution < -0.4 is 10.1 Å². The number of para-hydroxylation sites is 2. The molecule has 4 nitrogen and oxygen atoms in total. The van der Waals surface area contributed by atoms with Gasteiger partial charge in [-0.25, -0.2) is 4.98 Å². The van der Waals surface area contributed by atoms with Crippen LogP contribution in [0, 0.1) is 0 Å². The van der Waals surface area contributed by atoms with Gasteiger partial charge < -0.3 is 14.6 Å². The first-order valence-electron chi connectivity index (χ1n) is 8.15. The van der Waals surface area contributed by atoms with Crippen LogP contribution in [0.5, 0.6) is 5.75 Å². The second-order valence-electron chi connectivity index (χ2n) is 5.76. The van der Waals surface area contributed by atoms with E-state index in [2.05, 4.69) is 63.9 Å². The van der Waals surface area contributed by atoms with Crippen molar-refractivity contribution >= 4 is 27.0 Å². The van der Waals surface area contributed by atoms with Crippen molar-refractivity contribution in [1.29, 1.82) is 0 Å². The predicted octanol–water partition coefficient (Wildman–Crippen LogP) is 4.68. The summed E-state index contributed by atoms with van der Waals surface area (Å²) in [6, 6.07) is 14.5. The predicted molar refractivity (Wildman–Crippen MR) is 101 cm³/mol. The number of hydrogen-bond acceptors (Lipinski definition) is 3. The summed E-state index contributed by atoms with van der Waals surface area (Å²) in [7, 11) is 1.70. The van der Waals surface area contributed by atoms with Crippen molar-refractivity contribution < 1.29 is 4.74 Å². The van der Waals surface area contributed by atoms with Crippen LogP contribution in [0.3, 0.4) is 0 Å². The van der Waals surface area contributed by atoms with Gasteiger partial charge in [0.15, 0.2) is 0 Å². The van der Waals surface area contributed by atoms with Gasteiger partial charge in [-0.2, -0.15) is 0 Å². The van der Waals surface area contributed by atoms with Gasteiger partial charge in [-0.05, 0) is 44.2 Å². The van der Waals surface area contributed by atoms with E-state index in [1.54, 1.807) is 7.11 Å². The highest BCUT2D eigenvalue weighted by atomic mass is 79.9. The molecule has 3 rings (SSSR count). The average Bonchev–Trinajstić information content (AvgIpc) is 2.98. The Hall–Kier alpha value is -1.85. The van der Waals surface area contributed by atoms with Crippen molar-refractivity contribution in [2.24, 2.45) is 0 Å². The van der Waals surface area contributed by atoms with Crippen LogP contribution in [0.25, 0.3) is 11.0 Å². The lowest BCUT2D eigenvalue weighted by Crippen LogP contribution is -2.22. The molecule has 0 spiro atoms. The Labute approximate surface area is 151 Å². The number of halogens is 1. The maximum Gasteiger partial charge on any atom is 0.126 e. The fourth-order valence-corrected chi connectivity index (χ4v) is 3.41. The standard InChI is InChI=1S/C19H22BrN3O/c1-4-23-17-8-6-5-7-16(17)22-19(23)13(2)21-12-14-11-15(20)9-10-18(14)24-3/h5-11,13,21H,4,12H2,1-3H3. The fourth-order valence-electron chi connectivity index (χ4n) is 3.00. The lowest BCUT2D eigenvalue weighted by atomic mass is 10.2. The van der Waals surface area contributed by atoms with Crippen molar-refractivity contribution in [3.8, 4) is 5.75 Å². The molecule has 1 atom stereocenters. The fraction of sp³-hybridized carbons (Fsp3) is 0.316. The van der Waals surface area contributed by atoms with Crippen molar-refractivity contribution in [3.63, 3.8) is 0 Å². The number of aromatic nitrogens is 2. The number of aryl methyl sites for hydroxylation is 1. The van der Waals surface area contributed by atoms with Crippen LogP contribution in [0.2, 0.25) is 0 Å². The number of ether oxygens (including phenoxy) is 1. The Morgan fingerprint density at radius 2 is 2.04 bits per heavy atom. The molecular formula is C19H22BrN3O. The highest BCUT2D eigenvalue weighted by Gasteiger charge is 2.16. The quantitative estimate of drug-likeness (QED) is 0.667. The first-order valence-corrected chi connectivity index (χ1v) is 8.94. The smallest absolute Gasteiger partial charge is 0.126 e. The minimum absolute atomic E-state index is 0.140. The Kier molecular flexibility index (Phi) is 5.21. The SMILES string of the molecule is CCn1c(C(C)NCc2cc(Br)ccc2OC)nc2ccccc21. The van der Waals surface area contributed by atoms with Gasteiger partial charge in [0, 0.05) is 23.1 Å². The van der Waals surface area contributed by atoms with Gasteiger partial charge in [0.25, 0.3) is 0 Å². The van der Waals surface area contributed by atoms with E-state index in [1.807, 2.05) is 18.2 Å². The summed E-state index contributed by atoms with van der Waals surface area (Å²) in [4.78, 5) is 4.82. The van der Waals surface area contributed by atoms with E-state index in [0.29, 0.717) is 0 Å². The van der Waals surface area contributed by atoms with Crippen molar-refractivity contribution in [3.05, 3.63) is 58.3 Å². The van der Waals surface area contributed by atoms with Gasteiger partial charge >= 0.3 is 0 Å². The normalized spacial score (nSPS) is 12.5. The van der Waals surface area contributed by atoms with Crippen LogP contribution >= 0.6 is 15.9 Å². The number of imidazole rings is 1. The molecule has 0 saturated carbocycles. The first-order chi connectivity index (χ1) is 11.6. The summed E-state index contributed by atoms with van der Waals surface area (Å²) in [6.07, 6.45) is 0. The molecule has 0 aliphatic rings. The molecule has 24 heavy (non-hydrogen) atoms. The number of hydrogen-bond donors (Lipinski definition) is 1. The minimum Gasteiger partial charge on any atom is -0.496 e. The highest BCUT2D eigenvalue weighted by Crippen LogP contribution is 2.25. The molecule has 0 amide bonds. The van der Waals surface area contributed by atoms with Crippen LogP contribution in [0.15, 0.2) is 46.9 Å². The zero-order valence-electron chi connectivity index (χ0n) is 14.2. The van der Waals surface area contributed by atoms with Gasteiger partial charge in [0.05, 0.1) is 24.2 Å². The lowest BCUT2D eigenvalue weighted by molar-refractivity contribution is 0.405. The number of benzene rings is 2. The Balaban J connectivity index is 1.83. The molecule has 0 radical (unpaired) electrons. The molecule has 1 N–H and O–H groups in total.